The molecule has 0 radical (unpaired) electrons. The van der Waals surface area contributed by atoms with Crippen molar-refractivity contribution >= 4 is 28.7 Å². The van der Waals surface area contributed by atoms with Crippen molar-refractivity contribution in [2.75, 3.05) is 20.6 Å². The number of non-ortho nitro benzene ring substituents is 1. The Bertz CT molecular complexity index is 718. The number of hydrogen-bond donors (Lipinski definition) is 0. The highest BCUT2D eigenvalue weighted by molar-refractivity contribution is 6.15. The summed E-state index contributed by atoms with van der Waals surface area (Å²) in [5.41, 5.74) is 1.96. The first kappa shape index (κ1) is 19.4. The van der Waals surface area contributed by atoms with Gasteiger partial charge in [0, 0.05) is 24.6 Å². The predicted octanol–water partition coefficient (Wildman–Crippen LogP) is 5.19. The van der Waals surface area contributed by atoms with E-state index in [1.165, 1.54) is 30.6 Å². The number of methoxy groups -OCH3 is 2. The van der Waals surface area contributed by atoms with Gasteiger partial charge in [-0.3, -0.25) is 10.1 Å². The lowest BCUT2D eigenvalue weighted by atomic mass is 10.2. The molecule has 0 N–H and O–H groups in total. The Balaban J connectivity index is 0.00000139. The summed E-state index contributed by atoms with van der Waals surface area (Å²) in [6.07, 6.45) is 1.47. The zero-order chi connectivity index (χ0) is 18.1. The minimum Gasteiger partial charge on any atom is -0.496 e. The Labute approximate surface area is 145 Å². The fraction of sp³-hybridized carbons (Fsp3) is 0.250. The molecular weight excluding hydrogens is 334 g/mol. The van der Waals surface area contributed by atoms with Crippen molar-refractivity contribution in [3.63, 3.8) is 0 Å². The number of alkyl halides is 1. The van der Waals surface area contributed by atoms with Gasteiger partial charge in [-0.05, 0) is 30.7 Å². The van der Waals surface area contributed by atoms with Crippen LogP contribution in [0.5, 0.6) is 11.5 Å². The van der Waals surface area contributed by atoms with Crippen LogP contribution < -0.4 is 9.47 Å². The van der Waals surface area contributed by atoms with Crippen LogP contribution in [0, 0.1) is 17.0 Å². The summed E-state index contributed by atoms with van der Waals surface area (Å²) >= 11 is 4.64. The Hall–Kier alpha value is -2.67. The second-order valence-corrected chi connectivity index (χ2v) is 4.47. The van der Waals surface area contributed by atoms with Crippen molar-refractivity contribution in [3.05, 3.63) is 52.1 Å². The van der Waals surface area contributed by atoms with E-state index in [4.69, 9.17) is 9.47 Å². The summed E-state index contributed by atoms with van der Waals surface area (Å²) < 4.78 is 10.5. The molecule has 0 saturated heterocycles. The molecule has 0 amide bonds. The number of benzene rings is 2. The van der Waals surface area contributed by atoms with E-state index in [2.05, 4.69) is 21.8 Å². The Morgan fingerprint density at radius 2 is 1.58 bits per heavy atom. The van der Waals surface area contributed by atoms with E-state index in [0.717, 1.165) is 5.56 Å². The number of nitro benzene ring substituents is 1. The average molecular weight is 352 g/mol. The van der Waals surface area contributed by atoms with Crippen molar-refractivity contribution in [1.29, 1.82) is 0 Å². The van der Waals surface area contributed by atoms with E-state index in [-0.39, 0.29) is 5.69 Å². The summed E-state index contributed by atoms with van der Waals surface area (Å²) in [6.45, 7) is 1.90. The van der Waals surface area contributed by atoms with Crippen LogP contribution in [0.4, 0.5) is 17.1 Å². The van der Waals surface area contributed by atoms with Gasteiger partial charge < -0.3 is 9.47 Å². The van der Waals surface area contributed by atoms with Gasteiger partial charge in [0.1, 0.15) is 17.2 Å². The maximum absolute atomic E-state index is 10.6. The first-order chi connectivity index (χ1) is 11.5. The molecule has 0 heterocycles. The van der Waals surface area contributed by atoms with Crippen LogP contribution in [0.25, 0.3) is 0 Å². The highest BCUT2D eigenvalue weighted by Gasteiger charge is 2.08. The molecule has 2 rings (SSSR count). The van der Waals surface area contributed by atoms with E-state index < -0.39 is 4.92 Å². The molecule has 0 aliphatic carbocycles. The van der Waals surface area contributed by atoms with Crippen LogP contribution in [0.1, 0.15) is 5.56 Å². The van der Waals surface area contributed by atoms with Crippen LogP contribution >= 0.6 is 11.6 Å². The fourth-order valence-corrected chi connectivity index (χ4v) is 1.87. The molecule has 0 unspecified atom stereocenters. The highest BCUT2D eigenvalue weighted by Crippen LogP contribution is 2.35. The minimum atomic E-state index is -0.464. The normalized spacial score (nSPS) is 10.0. The van der Waals surface area contributed by atoms with Gasteiger partial charge in [0.2, 0.25) is 0 Å². The molecule has 8 heteroatoms. The number of ether oxygens (including phenoxy) is 2. The van der Waals surface area contributed by atoms with Crippen molar-refractivity contribution in [1.82, 2.24) is 0 Å². The molecule has 0 atom stereocenters. The third-order valence-corrected chi connectivity index (χ3v) is 3.03. The smallest absolute Gasteiger partial charge is 0.269 e. The number of halogens is 1. The van der Waals surface area contributed by atoms with Crippen LogP contribution in [0.3, 0.4) is 0 Å². The van der Waals surface area contributed by atoms with E-state index >= 15 is 0 Å². The Morgan fingerprint density at radius 3 is 2.08 bits per heavy atom. The SMILES string of the molecule is CCl.COc1cc(N=Nc2ccc([N+](=O)[O-])cc2)c(OC)cc1C. The lowest BCUT2D eigenvalue weighted by Gasteiger charge is -2.09. The standard InChI is InChI=1S/C15H15N3O4.CH3Cl/c1-10-8-15(22-3)13(9-14(10)21-2)17-16-11-4-6-12(7-5-11)18(19)20;1-2/h4-9H,1-3H3;1H3. The van der Waals surface area contributed by atoms with Gasteiger partial charge in [0.05, 0.1) is 24.8 Å². The van der Waals surface area contributed by atoms with Gasteiger partial charge in [-0.15, -0.1) is 16.7 Å². The zero-order valence-electron chi connectivity index (χ0n) is 13.8. The molecule has 24 heavy (non-hydrogen) atoms. The van der Waals surface area contributed by atoms with Crippen molar-refractivity contribution < 1.29 is 14.4 Å². The number of nitro groups is 1. The summed E-state index contributed by atoms with van der Waals surface area (Å²) in [7, 11) is 3.12. The lowest BCUT2D eigenvalue weighted by molar-refractivity contribution is -0.384. The largest absolute Gasteiger partial charge is 0.496 e. The summed E-state index contributed by atoms with van der Waals surface area (Å²) in [4.78, 5) is 10.1. The maximum Gasteiger partial charge on any atom is 0.269 e. The molecule has 128 valence electrons. The van der Waals surface area contributed by atoms with Crippen LogP contribution in [0.15, 0.2) is 46.6 Å². The fourth-order valence-electron chi connectivity index (χ4n) is 1.87. The number of aryl methyl sites for hydroxylation is 1. The van der Waals surface area contributed by atoms with E-state index in [1.54, 1.807) is 20.3 Å². The molecule has 2 aromatic rings. The van der Waals surface area contributed by atoms with Gasteiger partial charge in [0.25, 0.3) is 5.69 Å². The van der Waals surface area contributed by atoms with Crippen molar-refractivity contribution in [2.45, 2.75) is 6.92 Å². The number of hydrogen-bond acceptors (Lipinski definition) is 6. The van der Waals surface area contributed by atoms with Gasteiger partial charge in [-0.1, -0.05) is 0 Å². The van der Waals surface area contributed by atoms with Crippen LogP contribution in [-0.4, -0.2) is 25.5 Å². The molecule has 0 aliphatic heterocycles. The second kappa shape index (κ2) is 9.46. The molecule has 2 aromatic carbocycles. The van der Waals surface area contributed by atoms with E-state index in [0.29, 0.717) is 22.9 Å². The Morgan fingerprint density at radius 1 is 1.00 bits per heavy atom. The molecule has 0 aliphatic rings. The highest BCUT2D eigenvalue weighted by atomic mass is 35.5. The summed E-state index contributed by atoms with van der Waals surface area (Å²) in [5, 5.41) is 18.8. The lowest BCUT2D eigenvalue weighted by Crippen LogP contribution is -1.90. The van der Waals surface area contributed by atoms with Gasteiger partial charge in [-0.25, -0.2) is 0 Å². The topological polar surface area (TPSA) is 86.3 Å². The van der Waals surface area contributed by atoms with Crippen molar-refractivity contribution in [3.8, 4) is 11.5 Å². The molecule has 0 saturated carbocycles. The van der Waals surface area contributed by atoms with Crippen LogP contribution in [0.2, 0.25) is 0 Å². The van der Waals surface area contributed by atoms with E-state index in [1.807, 2.05) is 13.0 Å². The van der Waals surface area contributed by atoms with Gasteiger partial charge >= 0.3 is 0 Å². The zero-order valence-corrected chi connectivity index (χ0v) is 14.6. The van der Waals surface area contributed by atoms with E-state index in [9.17, 15) is 10.1 Å². The summed E-state index contributed by atoms with van der Waals surface area (Å²) in [5.74, 6) is 1.25. The first-order valence-corrected chi connectivity index (χ1v) is 7.57. The molecular formula is C16H18ClN3O4. The van der Waals surface area contributed by atoms with Crippen molar-refractivity contribution in [2.24, 2.45) is 10.2 Å². The molecule has 0 fully saturated rings. The Kier molecular flexibility index (Phi) is 7.64. The molecule has 0 spiro atoms. The van der Waals surface area contributed by atoms with Crippen LogP contribution in [-0.2, 0) is 0 Å². The quantitative estimate of drug-likeness (QED) is 0.321. The third kappa shape index (κ3) is 4.92. The monoisotopic (exact) mass is 351 g/mol. The number of nitrogens with zero attached hydrogens (tertiary/aromatic N) is 3. The number of rotatable bonds is 5. The number of azo groups is 1. The minimum absolute atomic E-state index is 0.00790. The van der Waals surface area contributed by atoms with Gasteiger partial charge in [0.15, 0.2) is 0 Å². The van der Waals surface area contributed by atoms with Gasteiger partial charge in [-0.2, -0.15) is 5.11 Å². The second-order valence-electron chi connectivity index (χ2n) is 4.47. The first-order valence-electron chi connectivity index (χ1n) is 6.81. The molecule has 0 bridgehead atoms. The molecule has 7 nitrogen and oxygen atoms in total. The summed E-state index contributed by atoms with van der Waals surface area (Å²) in [6, 6.07) is 9.34. The third-order valence-electron chi connectivity index (χ3n) is 3.03. The predicted molar refractivity (Wildman–Crippen MR) is 93.3 cm³/mol. The average Bonchev–Trinajstić information content (AvgIpc) is 2.62. The molecule has 0 aromatic heterocycles. The maximum atomic E-state index is 10.6.